The fourth-order valence-corrected chi connectivity index (χ4v) is 6.57. The standard InChI is InChI=1S/C24H32N6O/c1-15-8-26-24(27-22(15)25)29-9-16-7-20(14-29)21-6-5-19(23(31)30(21)10-16)13-28-11-17-3-2-4-18(17)12-28/h5-6,8,16-18,20H,2-4,7,9-14H2,1H3,(H2,25,26,27)/t16-,17-,18+,20+/m0/s1. The van der Waals surface area contributed by atoms with Crippen molar-refractivity contribution in [2.45, 2.75) is 51.6 Å². The second kappa shape index (κ2) is 7.33. The molecule has 0 unspecified atom stereocenters. The summed E-state index contributed by atoms with van der Waals surface area (Å²) >= 11 is 0. The van der Waals surface area contributed by atoms with Crippen LogP contribution in [-0.2, 0) is 13.1 Å². The molecule has 4 atom stereocenters. The smallest absolute Gasteiger partial charge is 0.255 e. The monoisotopic (exact) mass is 420 g/mol. The van der Waals surface area contributed by atoms with Gasteiger partial charge in [0.2, 0.25) is 5.95 Å². The Balaban J connectivity index is 1.23. The van der Waals surface area contributed by atoms with Crippen molar-refractivity contribution >= 4 is 11.8 Å². The molecule has 0 spiro atoms. The number of nitrogens with two attached hydrogens (primary N) is 1. The van der Waals surface area contributed by atoms with Gasteiger partial charge in [0.25, 0.3) is 5.56 Å². The molecule has 164 valence electrons. The first-order valence-electron chi connectivity index (χ1n) is 11.8. The number of rotatable bonds is 3. The van der Waals surface area contributed by atoms with Crippen LogP contribution in [0.4, 0.5) is 11.8 Å². The van der Waals surface area contributed by atoms with Gasteiger partial charge >= 0.3 is 0 Å². The molecule has 2 saturated heterocycles. The fourth-order valence-electron chi connectivity index (χ4n) is 6.57. The Bertz CT molecular complexity index is 1050. The summed E-state index contributed by atoms with van der Waals surface area (Å²) in [5, 5.41) is 0. The van der Waals surface area contributed by atoms with Gasteiger partial charge < -0.3 is 15.2 Å². The van der Waals surface area contributed by atoms with E-state index in [0.717, 1.165) is 55.6 Å². The van der Waals surface area contributed by atoms with E-state index >= 15 is 0 Å². The van der Waals surface area contributed by atoms with Gasteiger partial charge in [0, 0.05) is 68.2 Å². The van der Waals surface area contributed by atoms with Gasteiger partial charge in [-0.3, -0.25) is 9.69 Å². The molecule has 1 aliphatic carbocycles. The van der Waals surface area contributed by atoms with Gasteiger partial charge in [-0.2, -0.15) is 4.98 Å². The lowest BCUT2D eigenvalue weighted by Gasteiger charge is -2.43. The van der Waals surface area contributed by atoms with Crippen LogP contribution >= 0.6 is 0 Å². The Morgan fingerprint density at radius 1 is 1.10 bits per heavy atom. The lowest BCUT2D eigenvalue weighted by Crippen LogP contribution is -2.48. The predicted octanol–water partition coefficient (Wildman–Crippen LogP) is 2.38. The summed E-state index contributed by atoms with van der Waals surface area (Å²) in [5.74, 6) is 3.77. The maximum atomic E-state index is 13.4. The van der Waals surface area contributed by atoms with Crippen molar-refractivity contribution in [1.82, 2.24) is 19.4 Å². The average Bonchev–Trinajstić information content (AvgIpc) is 3.34. The molecule has 2 aromatic rings. The van der Waals surface area contributed by atoms with Crippen LogP contribution in [0.1, 0.15) is 48.4 Å². The van der Waals surface area contributed by atoms with E-state index in [1.807, 2.05) is 6.92 Å². The zero-order valence-electron chi connectivity index (χ0n) is 18.3. The quantitative estimate of drug-likeness (QED) is 0.821. The van der Waals surface area contributed by atoms with Gasteiger partial charge in [-0.15, -0.1) is 0 Å². The van der Waals surface area contributed by atoms with Crippen LogP contribution in [0.2, 0.25) is 0 Å². The molecule has 3 aliphatic heterocycles. The summed E-state index contributed by atoms with van der Waals surface area (Å²) in [4.78, 5) is 27.2. The maximum absolute atomic E-state index is 13.4. The van der Waals surface area contributed by atoms with E-state index in [0.29, 0.717) is 23.6 Å². The second-order valence-corrected chi connectivity index (χ2v) is 10.3. The third-order valence-electron chi connectivity index (χ3n) is 8.16. The van der Waals surface area contributed by atoms with Crippen molar-refractivity contribution in [3.8, 4) is 0 Å². The van der Waals surface area contributed by atoms with Crippen LogP contribution in [0.15, 0.2) is 23.1 Å². The first kappa shape index (κ1) is 19.3. The highest BCUT2D eigenvalue weighted by molar-refractivity contribution is 5.44. The third kappa shape index (κ3) is 3.34. The number of nitrogen functional groups attached to an aromatic ring is 1. The molecule has 3 fully saturated rings. The minimum Gasteiger partial charge on any atom is -0.383 e. The molecule has 7 nitrogen and oxygen atoms in total. The molecule has 4 aliphatic rings. The highest BCUT2D eigenvalue weighted by Crippen LogP contribution is 2.39. The van der Waals surface area contributed by atoms with Crippen molar-refractivity contribution < 1.29 is 0 Å². The Morgan fingerprint density at radius 3 is 2.68 bits per heavy atom. The number of piperidine rings is 1. The summed E-state index contributed by atoms with van der Waals surface area (Å²) < 4.78 is 2.08. The van der Waals surface area contributed by atoms with Gasteiger partial charge in [-0.25, -0.2) is 4.98 Å². The van der Waals surface area contributed by atoms with E-state index in [9.17, 15) is 4.79 Å². The molecule has 31 heavy (non-hydrogen) atoms. The fraction of sp³-hybridized carbons (Fsp3) is 0.625. The van der Waals surface area contributed by atoms with E-state index in [2.05, 4.69) is 36.5 Å². The lowest BCUT2D eigenvalue weighted by molar-refractivity contribution is 0.273. The molecule has 6 rings (SSSR count). The highest BCUT2D eigenvalue weighted by atomic mass is 16.1. The molecular weight excluding hydrogens is 388 g/mol. The molecule has 0 radical (unpaired) electrons. The first-order chi connectivity index (χ1) is 15.0. The van der Waals surface area contributed by atoms with Gasteiger partial charge in [-0.05, 0) is 50.0 Å². The predicted molar refractivity (Wildman–Crippen MR) is 121 cm³/mol. The number of likely N-dealkylation sites (tertiary alicyclic amines) is 1. The highest BCUT2D eigenvalue weighted by Gasteiger charge is 2.38. The van der Waals surface area contributed by atoms with Crippen molar-refractivity contribution in [3.05, 3.63) is 45.5 Å². The minimum atomic E-state index is 0.230. The summed E-state index contributed by atoms with van der Waals surface area (Å²) in [5.41, 5.74) is 9.31. The van der Waals surface area contributed by atoms with Crippen LogP contribution in [0.5, 0.6) is 0 Å². The molecule has 2 N–H and O–H groups in total. The second-order valence-electron chi connectivity index (χ2n) is 10.3. The van der Waals surface area contributed by atoms with Gasteiger partial charge in [-0.1, -0.05) is 12.5 Å². The van der Waals surface area contributed by atoms with Crippen LogP contribution in [0.3, 0.4) is 0 Å². The lowest BCUT2D eigenvalue weighted by atomic mass is 9.83. The van der Waals surface area contributed by atoms with E-state index in [4.69, 9.17) is 5.73 Å². The van der Waals surface area contributed by atoms with Gasteiger partial charge in [0.1, 0.15) is 5.82 Å². The van der Waals surface area contributed by atoms with Gasteiger partial charge in [0.05, 0.1) is 0 Å². The van der Waals surface area contributed by atoms with Crippen LogP contribution in [-0.4, -0.2) is 45.6 Å². The number of nitrogens with zero attached hydrogens (tertiary/aromatic N) is 5. The topological polar surface area (TPSA) is 80.3 Å². The molecule has 0 aromatic carbocycles. The summed E-state index contributed by atoms with van der Waals surface area (Å²) in [6.45, 7) is 7.60. The molecule has 7 heteroatoms. The molecule has 5 heterocycles. The SMILES string of the molecule is Cc1cnc(N2C[C@@H]3C[C@H](C2)c2ccc(CN4C[C@H]5CCC[C@H]5C4)c(=O)n2C3)nc1N. The summed E-state index contributed by atoms with van der Waals surface area (Å²) in [7, 11) is 0. The number of aryl methyl sites for hydroxylation is 1. The first-order valence-corrected chi connectivity index (χ1v) is 11.8. The van der Waals surface area contributed by atoms with E-state index < -0.39 is 0 Å². The largest absolute Gasteiger partial charge is 0.383 e. The minimum absolute atomic E-state index is 0.230. The number of pyridine rings is 1. The maximum Gasteiger partial charge on any atom is 0.255 e. The van der Waals surface area contributed by atoms with Crippen LogP contribution < -0.4 is 16.2 Å². The molecular formula is C24H32N6O. The Kier molecular flexibility index (Phi) is 4.56. The number of aromatic nitrogens is 3. The zero-order chi connectivity index (χ0) is 21.1. The number of hydrogen-bond donors (Lipinski definition) is 1. The molecule has 1 saturated carbocycles. The van der Waals surface area contributed by atoms with Crippen LogP contribution in [0, 0.1) is 24.7 Å². The van der Waals surface area contributed by atoms with Gasteiger partial charge in [0.15, 0.2) is 0 Å². The average molecular weight is 421 g/mol. The van der Waals surface area contributed by atoms with Crippen molar-refractivity contribution in [3.63, 3.8) is 0 Å². The Morgan fingerprint density at radius 2 is 1.90 bits per heavy atom. The van der Waals surface area contributed by atoms with Crippen molar-refractivity contribution in [2.75, 3.05) is 36.8 Å². The van der Waals surface area contributed by atoms with E-state index in [-0.39, 0.29) is 5.56 Å². The zero-order valence-corrected chi connectivity index (χ0v) is 18.3. The normalized spacial score (nSPS) is 29.8. The van der Waals surface area contributed by atoms with E-state index in [1.54, 1.807) is 6.20 Å². The number of hydrogen-bond acceptors (Lipinski definition) is 6. The molecule has 0 amide bonds. The molecule has 2 bridgehead atoms. The Labute approximate surface area is 183 Å². The van der Waals surface area contributed by atoms with Crippen molar-refractivity contribution in [2.24, 2.45) is 17.8 Å². The number of fused-ring (bicyclic) bond motifs is 5. The summed E-state index contributed by atoms with van der Waals surface area (Å²) in [6, 6.07) is 4.31. The third-order valence-corrected chi connectivity index (χ3v) is 8.16. The Hall–Kier alpha value is -2.41. The number of anilines is 2. The molecule has 2 aromatic heterocycles. The van der Waals surface area contributed by atoms with Crippen molar-refractivity contribution in [1.29, 1.82) is 0 Å². The summed E-state index contributed by atoms with van der Waals surface area (Å²) in [6.07, 6.45) is 7.08. The van der Waals surface area contributed by atoms with E-state index in [1.165, 1.54) is 38.0 Å². The van der Waals surface area contributed by atoms with Crippen LogP contribution in [0.25, 0.3) is 0 Å².